The lowest BCUT2D eigenvalue weighted by Gasteiger charge is -2.33. The van der Waals surface area contributed by atoms with E-state index in [9.17, 15) is 14.5 Å². The highest BCUT2D eigenvalue weighted by molar-refractivity contribution is 7.15. The number of likely N-dealkylation sites (tertiary alicyclic amines) is 1. The number of ether oxygens (including phenoxy) is 1. The highest BCUT2D eigenvalue weighted by atomic mass is 32.1. The third-order valence-corrected chi connectivity index (χ3v) is 6.24. The predicted octanol–water partition coefficient (Wildman–Crippen LogP) is 3.82. The molecule has 2 aliphatic heterocycles. The van der Waals surface area contributed by atoms with Crippen molar-refractivity contribution >= 4 is 29.0 Å². The molecule has 2 saturated heterocycles. The quantitative estimate of drug-likeness (QED) is 0.539. The average Bonchev–Trinajstić information content (AvgIpc) is 3.15. The fourth-order valence-corrected chi connectivity index (χ4v) is 4.42. The number of hydrogen-bond donors (Lipinski definition) is 2. The molecule has 9 heteroatoms. The SMILES string of the molecule is CC(C)(C)C#Cc1cc(NC2CCN(C(=O)O[C@@H]3CCCNC3)CC2)c(C(=O)N=O)s1. The zero-order valence-electron chi connectivity index (χ0n) is 18.3. The molecule has 1 aromatic heterocycles. The van der Waals surface area contributed by atoms with Crippen LogP contribution in [-0.2, 0) is 4.74 Å². The number of rotatable bonds is 4. The van der Waals surface area contributed by atoms with Gasteiger partial charge < -0.3 is 20.3 Å². The minimum atomic E-state index is -0.793. The molecule has 0 bridgehead atoms. The van der Waals surface area contributed by atoms with E-state index in [2.05, 4.69) is 27.7 Å². The van der Waals surface area contributed by atoms with Gasteiger partial charge in [-0.2, -0.15) is 0 Å². The van der Waals surface area contributed by atoms with Crippen LogP contribution in [0, 0.1) is 22.2 Å². The van der Waals surface area contributed by atoms with Crippen molar-refractivity contribution in [3.05, 3.63) is 20.7 Å². The summed E-state index contributed by atoms with van der Waals surface area (Å²) in [5.41, 5.74) is 0.418. The van der Waals surface area contributed by atoms with E-state index in [-0.39, 0.29) is 28.5 Å². The lowest BCUT2D eigenvalue weighted by Crippen LogP contribution is -2.45. The smallest absolute Gasteiger partial charge is 0.410 e. The monoisotopic (exact) mass is 446 g/mol. The summed E-state index contributed by atoms with van der Waals surface area (Å²) in [4.78, 5) is 38.0. The third kappa shape index (κ3) is 6.77. The molecule has 0 unspecified atom stereocenters. The fraction of sp³-hybridized carbons (Fsp3) is 0.636. The molecular weight excluding hydrogens is 416 g/mol. The van der Waals surface area contributed by atoms with Crippen molar-refractivity contribution in [2.24, 2.45) is 10.6 Å². The fourth-order valence-electron chi connectivity index (χ4n) is 3.57. The number of anilines is 1. The van der Waals surface area contributed by atoms with Gasteiger partial charge in [-0.25, -0.2) is 4.79 Å². The van der Waals surface area contributed by atoms with Crippen LogP contribution in [0.3, 0.4) is 0 Å². The first-order valence-electron chi connectivity index (χ1n) is 10.7. The summed E-state index contributed by atoms with van der Waals surface area (Å²) in [5, 5.41) is 9.19. The van der Waals surface area contributed by atoms with Crippen LogP contribution in [0.25, 0.3) is 0 Å². The Balaban J connectivity index is 1.59. The van der Waals surface area contributed by atoms with Crippen molar-refractivity contribution in [2.45, 2.75) is 58.6 Å². The van der Waals surface area contributed by atoms with E-state index in [1.807, 2.05) is 20.8 Å². The molecule has 0 aromatic carbocycles. The Morgan fingerprint density at radius 1 is 1.29 bits per heavy atom. The molecule has 8 nitrogen and oxygen atoms in total. The van der Waals surface area contributed by atoms with Gasteiger partial charge in [0.2, 0.25) is 0 Å². The van der Waals surface area contributed by atoms with Crippen molar-refractivity contribution in [1.82, 2.24) is 10.2 Å². The highest BCUT2D eigenvalue weighted by Gasteiger charge is 2.27. The van der Waals surface area contributed by atoms with Gasteiger partial charge in [-0.05, 0) is 59.1 Å². The number of amides is 2. The lowest BCUT2D eigenvalue weighted by molar-refractivity contribution is 0.0466. The molecule has 168 valence electrons. The van der Waals surface area contributed by atoms with Crippen molar-refractivity contribution in [1.29, 1.82) is 0 Å². The van der Waals surface area contributed by atoms with Gasteiger partial charge >= 0.3 is 12.0 Å². The zero-order chi connectivity index (χ0) is 22.4. The highest BCUT2D eigenvalue weighted by Crippen LogP contribution is 2.30. The second kappa shape index (κ2) is 10.2. The molecule has 0 aliphatic carbocycles. The van der Waals surface area contributed by atoms with E-state index in [0.717, 1.165) is 32.2 Å². The maximum atomic E-state index is 12.4. The van der Waals surface area contributed by atoms with Crippen LogP contribution in [0.2, 0.25) is 0 Å². The number of nitroso groups, excluding NO2 is 1. The molecule has 0 spiro atoms. The van der Waals surface area contributed by atoms with Crippen LogP contribution in [0.1, 0.15) is 61.0 Å². The average molecular weight is 447 g/mol. The molecule has 2 fully saturated rings. The largest absolute Gasteiger partial charge is 0.445 e. The lowest BCUT2D eigenvalue weighted by atomic mass is 9.98. The Hall–Kier alpha value is -2.44. The summed E-state index contributed by atoms with van der Waals surface area (Å²) in [6, 6.07) is 1.88. The Labute approximate surface area is 187 Å². The minimum absolute atomic E-state index is 0.0556. The van der Waals surface area contributed by atoms with Crippen LogP contribution in [0.15, 0.2) is 11.2 Å². The number of nitrogens with zero attached hydrogens (tertiary/aromatic N) is 2. The molecule has 0 radical (unpaired) electrons. The number of hydrogen-bond acceptors (Lipinski definition) is 7. The van der Waals surface area contributed by atoms with E-state index in [1.165, 1.54) is 11.3 Å². The van der Waals surface area contributed by atoms with Gasteiger partial charge in [-0.1, -0.05) is 11.8 Å². The Morgan fingerprint density at radius 3 is 2.65 bits per heavy atom. The maximum absolute atomic E-state index is 12.4. The molecule has 2 aliphatic rings. The summed E-state index contributed by atoms with van der Waals surface area (Å²) in [6.07, 6.45) is 3.04. The van der Waals surface area contributed by atoms with Gasteiger partial charge in [0.25, 0.3) is 0 Å². The van der Waals surface area contributed by atoms with Crippen molar-refractivity contribution in [3.8, 4) is 11.8 Å². The van der Waals surface area contributed by atoms with Crippen molar-refractivity contribution in [2.75, 3.05) is 31.5 Å². The summed E-state index contributed by atoms with van der Waals surface area (Å²) < 4.78 is 5.61. The van der Waals surface area contributed by atoms with E-state index < -0.39 is 5.91 Å². The summed E-state index contributed by atoms with van der Waals surface area (Å²) in [6.45, 7) is 8.87. The molecule has 3 rings (SSSR count). The summed E-state index contributed by atoms with van der Waals surface area (Å²) in [7, 11) is 0. The van der Waals surface area contributed by atoms with Crippen molar-refractivity contribution < 1.29 is 14.3 Å². The van der Waals surface area contributed by atoms with E-state index in [1.54, 1.807) is 11.0 Å². The van der Waals surface area contributed by atoms with E-state index >= 15 is 0 Å². The Bertz CT molecular complexity index is 866. The molecular formula is C22H30N4O4S. The van der Waals surface area contributed by atoms with Gasteiger partial charge in [-0.3, -0.25) is 4.79 Å². The summed E-state index contributed by atoms with van der Waals surface area (Å²) >= 11 is 1.18. The van der Waals surface area contributed by atoms with Crippen LogP contribution in [-0.4, -0.2) is 55.2 Å². The number of carbonyl (C=O) groups excluding carboxylic acids is 2. The first kappa shape index (κ1) is 23.2. The second-order valence-electron chi connectivity index (χ2n) is 9.01. The topological polar surface area (TPSA) is 100 Å². The van der Waals surface area contributed by atoms with Gasteiger partial charge in [-0.15, -0.1) is 16.2 Å². The van der Waals surface area contributed by atoms with Crippen LogP contribution in [0.4, 0.5) is 10.5 Å². The van der Waals surface area contributed by atoms with E-state index in [0.29, 0.717) is 30.2 Å². The number of carbonyl (C=O) groups is 2. The normalized spacial score (nSPS) is 19.8. The number of thiophene rings is 1. The van der Waals surface area contributed by atoms with Crippen LogP contribution < -0.4 is 10.6 Å². The van der Waals surface area contributed by atoms with Gasteiger partial charge in [0, 0.05) is 36.3 Å². The molecule has 2 amide bonds. The molecule has 2 N–H and O–H groups in total. The predicted molar refractivity (Wildman–Crippen MR) is 121 cm³/mol. The molecule has 0 saturated carbocycles. The number of nitrogens with one attached hydrogen (secondary N) is 2. The Kier molecular flexibility index (Phi) is 7.68. The molecule has 1 aromatic rings. The van der Waals surface area contributed by atoms with Crippen LogP contribution in [0.5, 0.6) is 0 Å². The third-order valence-electron chi connectivity index (χ3n) is 5.20. The molecule has 31 heavy (non-hydrogen) atoms. The van der Waals surface area contributed by atoms with Gasteiger partial charge in [0.1, 0.15) is 11.0 Å². The Morgan fingerprint density at radius 2 is 2.03 bits per heavy atom. The first-order chi connectivity index (χ1) is 14.7. The summed E-state index contributed by atoms with van der Waals surface area (Å²) in [5.74, 6) is 5.43. The minimum Gasteiger partial charge on any atom is -0.445 e. The van der Waals surface area contributed by atoms with Gasteiger partial charge in [0.15, 0.2) is 0 Å². The standard InChI is InChI=1S/C22H30N4O4S/c1-22(2,3)9-6-17-13-18(19(31-17)20(27)25-29)24-15-7-11-26(12-8-15)21(28)30-16-5-4-10-23-14-16/h13,15-16,23-24H,4-5,7-8,10-12,14H2,1-3H3/t16-/m1/s1. The number of piperidine rings is 2. The second-order valence-corrected chi connectivity index (χ2v) is 10.1. The molecule has 3 heterocycles. The van der Waals surface area contributed by atoms with Crippen LogP contribution >= 0.6 is 11.3 Å². The maximum Gasteiger partial charge on any atom is 0.410 e. The molecule has 1 atom stereocenters. The first-order valence-corrected chi connectivity index (χ1v) is 11.5. The van der Waals surface area contributed by atoms with Gasteiger partial charge in [0.05, 0.1) is 10.6 Å². The zero-order valence-corrected chi connectivity index (χ0v) is 19.1. The van der Waals surface area contributed by atoms with E-state index in [4.69, 9.17) is 4.74 Å². The van der Waals surface area contributed by atoms with Crippen molar-refractivity contribution in [3.63, 3.8) is 0 Å².